The molecule has 0 atom stereocenters. The molecule has 2 aromatic rings. The maximum atomic E-state index is 10.2. The summed E-state index contributed by atoms with van der Waals surface area (Å²) in [7, 11) is 0. The maximum Gasteiger partial charge on any atom is 0.164 e. The lowest BCUT2D eigenvalue weighted by Gasteiger charge is -2.07. The predicted octanol–water partition coefficient (Wildman–Crippen LogP) is 4.65. The fraction of sp³-hybridized carbons (Fsp3) is 0.438. The first-order valence-electron chi connectivity index (χ1n) is 6.95. The number of thioether (sulfide) groups is 1. The molecule has 0 bridgehead atoms. The first kappa shape index (κ1) is 15.0. The predicted molar refractivity (Wildman–Crippen MR) is 85.4 cm³/mol. The number of aromatic nitrogens is 2. The van der Waals surface area contributed by atoms with Crippen molar-refractivity contribution >= 4 is 11.8 Å². The summed E-state index contributed by atoms with van der Waals surface area (Å²) in [6.07, 6.45) is 0. The highest BCUT2D eigenvalue weighted by molar-refractivity contribution is 7.99. The van der Waals surface area contributed by atoms with Crippen LogP contribution in [0.2, 0.25) is 0 Å². The molecule has 0 saturated heterocycles. The molecular weight excluding hydrogens is 268 g/mol. The largest absolute Gasteiger partial charge is 0.504 e. The van der Waals surface area contributed by atoms with Gasteiger partial charge in [-0.3, -0.25) is 4.68 Å². The van der Waals surface area contributed by atoms with Crippen molar-refractivity contribution in [2.45, 2.75) is 50.8 Å². The van der Waals surface area contributed by atoms with Crippen molar-refractivity contribution in [3.63, 3.8) is 0 Å². The van der Waals surface area contributed by atoms with Crippen LogP contribution in [0.25, 0.3) is 11.3 Å². The van der Waals surface area contributed by atoms with E-state index < -0.39 is 0 Å². The van der Waals surface area contributed by atoms with Crippen molar-refractivity contribution < 1.29 is 5.11 Å². The van der Waals surface area contributed by atoms with E-state index in [-0.39, 0.29) is 11.8 Å². The second kappa shape index (κ2) is 5.92. The van der Waals surface area contributed by atoms with Crippen LogP contribution in [0.15, 0.2) is 29.2 Å². The molecule has 2 rings (SSSR count). The van der Waals surface area contributed by atoms with Crippen LogP contribution in [-0.4, -0.2) is 20.1 Å². The van der Waals surface area contributed by atoms with Crippen molar-refractivity contribution in [1.82, 2.24) is 9.78 Å². The molecular formula is C16H22N2OS. The molecule has 0 fully saturated rings. The molecule has 0 aliphatic rings. The van der Waals surface area contributed by atoms with Crippen LogP contribution in [0.4, 0.5) is 0 Å². The van der Waals surface area contributed by atoms with Crippen molar-refractivity contribution in [2.75, 3.05) is 0 Å². The van der Waals surface area contributed by atoms with Crippen molar-refractivity contribution in [2.24, 2.45) is 0 Å². The molecule has 1 aromatic heterocycles. The van der Waals surface area contributed by atoms with Crippen LogP contribution >= 0.6 is 11.8 Å². The second-order valence-electron chi connectivity index (χ2n) is 5.51. The quantitative estimate of drug-likeness (QED) is 0.833. The Morgan fingerprint density at radius 1 is 1.10 bits per heavy atom. The third-order valence-electron chi connectivity index (χ3n) is 3.11. The molecule has 0 spiro atoms. The lowest BCUT2D eigenvalue weighted by atomic mass is 10.1. The van der Waals surface area contributed by atoms with E-state index >= 15 is 0 Å². The number of benzene rings is 1. The van der Waals surface area contributed by atoms with E-state index in [2.05, 4.69) is 44.9 Å². The second-order valence-corrected chi connectivity index (χ2v) is 7.16. The number of aromatic hydroxyl groups is 1. The molecule has 108 valence electrons. The van der Waals surface area contributed by atoms with Crippen LogP contribution < -0.4 is 0 Å². The van der Waals surface area contributed by atoms with Gasteiger partial charge in [-0.25, -0.2) is 0 Å². The average molecular weight is 290 g/mol. The first-order chi connectivity index (χ1) is 9.40. The molecule has 1 heterocycles. The zero-order valence-corrected chi connectivity index (χ0v) is 13.5. The summed E-state index contributed by atoms with van der Waals surface area (Å²) in [5, 5.41) is 15.3. The zero-order valence-electron chi connectivity index (χ0n) is 12.7. The van der Waals surface area contributed by atoms with Crippen molar-refractivity contribution in [1.29, 1.82) is 0 Å². The summed E-state index contributed by atoms with van der Waals surface area (Å²) < 4.78 is 1.86. The Morgan fingerprint density at radius 2 is 1.70 bits per heavy atom. The van der Waals surface area contributed by atoms with Crippen LogP contribution in [0.5, 0.6) is 5.75 Å². The molecule has 20 heavy (non-hydrogen) atoms. The van der Waals surface area contributed by atoms with Gasteiger partial charge in [0.25, 0.3) is 0 Å². The molecule has 0 aliphatic carbocycles. The molecule has 1 N–H and O–H groups in total. The van der Waals surface area contributed by atoms with Crippen molar-refractivity contribution in [3.8, 4) is 17.0 Å². The van der Waals surface area contributed by atoms with Gasteiger partial charge in [-0.05, 0) is 32.9 Å². The van der Waals surface area contributed by atoms with Crippen LogP contribution in [0, 0.1) is 6.92 Å². The van der Waals surface area contributed by atoms with E-state index in [0.29, 0.717) is 10.9 Å². The third kappa shape index (κ3) is 3.01. The number of hydrogen-bond donors (Lipinski definition) is 1. The minimum Gasteiger partial charge on any atom is -0.504 e. The zero-order chi connectivity index (χ0) is 14.9. The maximum absolute atomic E-state index is 10.2. The fourth-order valence-corrected chi connectivity index (χ4v) is 3.01. The molecule has 0 aliphatic heterocycles. The minimum absolute atomic E-state index is 0.241. The van der Waals surface area contributed by atoms with Gasteiger partial charge in [0.15, 0.2) is 5.75 Å². The number of hydrogen-bond acceptors (Lipinski definition) is 3. The van der Waals surface area contributed by atoms with E-state index in [1.54, 1.807) is 0 Å². The molecule has 0 radical (unpaired) electrons. The summed E-state index contributed by atoms with van der Waals surface area (Å²) in [5.74, 6) is 0.281. The van der Waals surface area contributed by atoms with Gasteiger partial charge in [0.2, 0.25) is 0 Å². The highest BCUT2D eigenvalue weighted by atomic mass is 32.2. The Kier molecular flexibility index (Phi) is 4.43. The fourth-order valence-electron chi connectivity index (χ4n) is 2.17. The summed E-state index contributed by atoms with van der Waals surface area (Å²) in [4.78, 5) is 1.24. The Morgan fingerprint density at radius 3 is 2.15 bits per heavy atom. The summed E-state index contributed by atoms with van der Waals surface area (Å²) in [5.41, 5.74) is 2.44. The molecule has 4 heteroatoms. The minimum atomic E-state index is 0.241. The molecule has 3 nitrogen and oxygen atoms in total. The Hall–Kier alpha value is -1.42. The van der Waals surface area contributed by atoms with Gasteiger partial charge in [0, 0.05) is 21.8 Å². The molecule has 0 unspecified atom stereocenters. The smallest absolute Gasteiger partial charge is 0.164 e. The summed E-state index contributed by atoms with van der Waals surface area (Å²) in [6, 6.07) is 8.46. The summed E-state index contributed by atoms with van der Waals surface area (Å²) >= 11 is 1.83. The molecule has 0 saturated carbocycles. The lowest BCUT2D eigenvalue weighted by molar-refractivity contribution is 0.461. The molecule has 1 aromatic carbocycles. The van der Waals surface area contributed by atoms with Gasteiger partial charge in [-0.15, -0.1) is 11.8 Å². The van der Waals surface area contributed by atoms with E-state index in [9.17, 15) is 5.11 Å². The van der Waals surface area contributed by atoms with E-state index in [1.165, 1.54) is 4.90 Å². The van der Waals surface area contributed by atoms with Gasteiger partial charge in [0.1, 0.15) is 5.69 Å². The number of rotatable bonds is 4. The lowest BCUT2D eigenvalue weighted by Crippen LogP contribution is -2.04. The SMILES string of the molecule is Cc1c(O)c(-c2ccc(SC(C)C)cc2)nn1C(C)C. The van der Waals surface area contributed by atoms with Gasteiger partial charge < -0.3 is 5.11 Å². The normalized spacial score (nSPS) is 11.6. The Labute approximate surface area is 125 Å². The Bertz CT molecular complexity index is 585. The van der Waals surface area contributed by atoms with Gasteiger partial charge in [-0.1, -0.05) is 26.0 Å². The first-order valence-corrected chi connectivity index (χ1v) is 7.83. The summed E-state index contributed by atoms with van der Waals surface area (Å²) in [6.45, 7) is 10.4. The highest BCUT2D eigenvalue weighted by Crippen LogP contribution is 2.33. The standard InChI is InChI=1S/C16H22N2OS/c1-10(2)18-12(5)16(19)15(17-18)13-6-8-14(9-7-13)20-11(3)4/h6-11,19H,1-5H3. The monoisotopic (exact) mass is 290 g/mol. The van der Waals surface area contributed by atoms with Crippen LogP contribution in [0.1, 0.15) is 39.4 Å². The van der Waals surface area contributed by atoms with Gasteiger partial charge in [0.05, 0.1) is 5.69 Å². The van der Waals surface area contributed by atoms with E-state index in [0.717, 1.165) is 11.3 Å². The Balaban J connectivity index is 2.34. The van der Waals surface area contributed by atoms with Crippen LogP contribution in [0.3, 0.4) is 0 Å². The van der Waals surface area contributed by atoms with Crippen LogP contribution in [-0.2, 0) is 0 Å². The van der Waals surface area contributed by atoms with E-state index in [4.69, 9.17) is 0 Å². The topological polar surface area (TPSA) is 38.1 Å². The van der Waals surface area contributed by atoms with Gasteiger partial charge >= 0.3 is 0 Å². The highest BCUT2D eigenvalue weighted by Gasteiger charge is 2.16. The third-order valence-corrected chi connectivity index (χ3v) is 4.12. The molecule has 0 amide bonds. The van der Waals surface area contributed by atoms with Crippen molar-refractivity contribution in [3.05, 3.63) is 30.0 Å². The average Bonchev–Trinajstić information content (AvgIpc) is 2.67. The number of nitrogens with zero attached hydrogens (tertiary/aromatic N) is 2. The van der Waals surface area contributed by atoms with Gasteiger partial charge in [-0.2, -0.15) is 5.10 Å². The van der Waals surface area contributed by atoms with E-state index in [1.807, 2.05) is 35.5 Å².